The van der Waals surface area contributed by atoms with Crippen LogP contribution in [0.15, 0.2) is 54.6 Å². The number of carbonyl (C=O) groups excluding carboxylic acids is 1. The summed E-state index contributed by atoms with van der Waals surface area (Å²) in [5.74, 6) is -0.168. The number of nitrogens with one attached hydrogen (secondary N) is 1. The van der Waals surface area contributed by atoms with Crippen LogP contribution in [0.25, 0.3) is 0 Å². The monoisotopic (exact) mass is 345 g/mol. The predicted octanol–water partition coefficient (Wildman–Crippen LogP) is 2.58. The van der Waals surface area contributed by atoms with E-state index in [0.29, 0.717) is 10.6 Å². The molecule has 1 aliphatic carbocycles. The molecule has 2 aromatic carbocycles. The third kappa shape index (κ3) is 3.31. The van der Waals surface area contributed by atoms with E-state index < -0.39 is 17.6 Å². The number of rotatable bonds is 6. The summed E-state index contributed by atoms with van der Waals surface area (Å²) in [6.45, 7) is -0.335. The van der Waals surface area contributed by atoms with Crippen molar-refractivity contribution in [2.24, 2.45) is 0 Å². The van der Waals surface area contributed by atoms with E-state index >= 15 is 0 Å². The molecule has 2 atom stereocenters. The molecule has 0 aliphatic heterocycles. The van der Waals surface area contributed by atoms with Crippen molar-refractivity contribution >= 4 is 17.5 Å². The van der Waals surface area contributed by atoms with E-state index in [1.807, 2.05) is 30.3 Å². The van der Waals surface area contributed by atoms with Gasteiger partial charge in [0.2, 0.25) is 5.91 Å². The Morgan fingerprint density at radius 2 is 1.75 bits per heavy atom. The maximum atomic E-state index is 12.8. The normalized spacial score (nSPS) is 17.8. The lowest BCUT2D eigenvalue weighted by atomic mass is 9.94. The van der Waals surface area contributed by atoms with Crippen LogP contribution in [-0.4, -0.2) is 28.8 Å². The maximum Gasteiger partial charge on any atom is 0.231 e. The minimum absolute atomic E-state index is 0.168. The molecule has 0 aromatic heterocycles. The summed E-state index contributed by atoms with van der Waals surface area (Å²) in [6.07, 6.45) is 0.543. The quantitative estimate of drug-likeness (QED) is 0.753. The number of benzene rings is 2. The molecule has 2 unspecified atom stereocenters. The van der Waals surface area contributed by atoms with Crippen molar-refractivity contribution in [3.63, 3.8) is 0 Å². The van der Waals surface area contributed by atoms with E-state index in [-0.39, 0.29) is 12.5 Å². The standard InChI is InChI=1S/C19H20ClNO3/c20-15-8-6-14(7-9-15)19(10-11-19)18(24)21-16(12-22)17(23)13-4-2-1-3-5-13/h1-9,16-17,22-23H,10-12H2,(H,21,24). The fourth-order valence-electron chi connectivity index (χ4n) is 2.95. The van der Waals surface area contributed by atoms with E-state index in [9.17, 15) is 15.0 Å². The van der Waals surface area contributed by atoms with Crippen LogP contribution in [0.1, 0.15) is 30.1 Å². The molecule has 0 heterocycles. The van der Waals surface area contributed by atoms with Crippen molar-refractivity contribution in [3.05, 3.63) is 70.7 Å². The van der Waals surface area contributed by atoms with Crippen molar-refractivity contribution in [3.8, 4) is 0 Å². The summed E-state index contributed by atoms with van der Waals surface area (Å²) in [6, 6.07) is 15.5. The van der Waals surface area contributed by atoms with Crippen LogP contribution in [0.2, 0.25) is 5.02 Å². The molecule has 3 rings (SSSR count). The van der Waals surface area contributed by atoms with Gasteiger partial charge in [-0.1, -0.05) is 54.1 Å². The lowest BCUT2D eigenvalue weighted by Gasteiger charge is -2.25. The molecule has 0 spiro atoms. The van der Waals surface area contributed by atoms with Crippen molar-refractivity contribution in [2.75, 3.05) is 6.61 Å². The SMILES string of the molecule is O=C(NC(CO)C(O)c1ccccc1)C1(c2ccc(Cl)cc2)CC1. The molecule has 5 heteroatoms. The summed E-state index contributed by atoms with van der Waals surface area (Å²) < 4.78 is 0. The molecule has 2 aromatic rings. The Morgan fingerprint density at radius 1 is 1.12 bits per heavy atom. The molecule has 0 bridgehead atoms. The van der Waals surface area contributed by atoms with Crippen molar-refractivity contribution in [2.45, 2.75) is 30.4 Å². The van der Waals surface area contributed by atoms with Crippen LogP contribution in [0.4, 0.5) is 0 Å². The number of aliphatic hydroxyl groups is 2. The zero-order valence-electron chi connectivity index (χ0n) is 13.2. The Hall–Kier alpha value is -1.88. The second-order valence-electron chi connectivity index (χ2n) is 6.21. The summed E-state index contributed by atoms with van der Waals surface area (Å²) in [7, 11) is 0. The van der Waals surface area contributed by atoms with Gasteiger partial charge in [0.25, 0.3) is 0 Å². The Kier molecular flexibility index (Phi) is 4.90. The molecule has 4 nitrogen and oxygen atoms in total. The molecule has 1 fully saturated rings. The highest BCUT2D eigenvalue weighted by Gasteiger charge is 2.51. The van der Waals surface area contributed by atoms with Crippen molar-refractivity contribution in [1.82, 2.24) is 5.32 Å². The van der Waals surface area contributed by atoms with Crippen LogP contribution in [0.5, 0.6) is 0 Å². The lowest BCUT2D eigenvalue weighted by Crippen LogP contribution is -2.46. The largest absolute Gasteiger partial charge is 0.394 e. The van der Waals surface area contributed by atoms with Crippen LogP contribution in [-0.2, 0) is 10.2 Å². The number of halogens is 1. The van der Waals surface area contributed by atoms with Crippen LogP contribution in [0.3, 0.4) is 0 Å². The van der Waals surface area contributed by atoms with Gasteiger partial charge < -0.3 is 15.5 Å². The van der Waals surface area contributed by atoms with Gasteiger partial charge in [-0.25, -0.2) is 0 Å². The van der Waals surface area contributed by atoms with Gasteiger partial charge >= 0.3 is 0 Å². The Morgan fingerprint density at radius 3 is 2.29 bits per heavy atom. The fourth-order valence-corrected chi connectivity index (χ4v) is 3.08. The van der Waals surface area contributed by atoms with Gasteiger partial charge in [0.1, 0.15) is 6.10 Å². The first-order valence-electron chi connectivity index (χ1n) is 7.98. The third-order valence-corrected chi connectivity index (χ3v) is 4.87. The summed E-state index contributed by atoms with van der Waals surface area (Å²) in [4.78, 5) is 12.8. The lowest BCUT2D eigenvalue weighted by molar-refractivity contribution is -0.125. The van der Waals surface area contributed by atoms with Gasteiger partial charge in [-0.05, 0) is 36.1 Å². The molecule has 3 N–H and O–H groups in total. The minimum atomic E-state index is -0.957. The highest BCUT2D eigenvalue weighted by molar-refractivity contribution is 6.30. The molecular weight excluding hydrogens is 326 g/mol. The van der Waals surface area contributed by atoms with Crippen LogP contribution >= 0.6 is 11.6 Å². The topological polar surface area (TPSA) is 69.6 Å². The van der Waals surface area contributed by atoms with Crippen molar-refractivity contribution < 1.29 is 15.0 Å². The van der Waals surface area contributed by atoms with Gasteiger partial charge in [0.05, 0.1) is 18.1 Å². The molecule has 24 heavy (non-hydrogen) atoms. The first-order valence-corrected chi connectivity index (χ1v) is 8.35. The highest BCUT2D eigenvalue weighted by atomic mass is 35.5. The molecule has 1 saturated carbocycles. The minimum Gasteiger partial charge on any atom is -0.394 e. The average molecular weight is 346 g/mol. The van der Waals surface area contributed by atoms with Crippen molar-refractivity contribution in [1.29, 1.82) is 0 Å². The van der Waals surface area contributed by atoms with Gasteiger partial charge in [0, 0.05) is 5.02 Å². The van der Waals surface area contributed by atoms with E-state index in [0.717, 1.165) is 18.4 Å². The number of aliphatic hydroxyl groups excluding tert-OH is 2. The van der Waals surface area contributed by atoms with Gasteiger partial charge in [-0.2, -0.15) is 0 Å². The van der Waals surface area contributed by atoms with E-state index in [4.69, 9.17) is 11.6 Å². The number of amides is 1. The second kappa shape index (κ2) is 6.93. The zero-order chi connectivity index (χ0) is 17.2. The van der Waals surface area contributed by atoms with E-state index in [1.54, 1.807) is 24.3 Å². The molecule has 0 saturated heterocycles. The molecule has 0 radical (unpaired) electrons. The first kappa shape index (κ1) is 17.0. The average Bonchev–Trinajstić information content (AvgIpc) is 3.42. The molecule has 1 amide bonds. The summed E-state index contributed by atoms with van der Waals surface area (Å²) in [5.41, 5.74) is 0.998. The summed E-state index contributed by atoms with van der Waals surface area (Å²) in [5, 5.41) is 23.5. The summed E-state index contributed by atoms with van der Waals surface area (Å²) >= 11 is 5.91. The molecular formula is C19H20ClNO3. The maximum absolute atomic E-state index is 12.8. The van der Waals surface area contributed by atoms with E-state index in [2.05, 4.69) is 5.32 Å². The smallest absolute Gasteiger partial charge is 0.231 e. The third-order valence-electron chi connectivity index (χ3n) is 4.62. The second-order valence-corrected chi connectivity index (χ2v) is 6.64. The van der Waals surface area contributed by atoms with Crippen LogP contribution < -0.4 is 5.32 Å². The number of hydrogen-bond acceptors (Lipinski definition) is 3. The van der Waals surface area contributed by atoms with Gasteiger partial charge in [-0.15, -0.1) is 0 Å². The zero-order valence-corrected chi connectivity index (χ0v) is 13.9. The van der Waals surface area contributed by atoms with Gasteiger partial charge in [-0.3, -0.25) is 4.79 Å². The van der Waals surface area contributed by atoms with E-state index in [1.165, 1.54) is 0 Å². The Labute approximate surface area is 146 Å². The molecule has 126 valence electrons. The fraction of sp³-hybridized carbons (Fsp3) is 0.316. The predicted molar refractivity (Wildman–Crippen MR) is 92.8 cm³/mol. The Balaban J connectivity index is 1.74. The Bertz CT molecular complexity index is 698. The first-order chi connectivity index (χ1) is 11.6. The number of hydrogen-bond donors (Lipinski definition) is 3. The number of carbonyl (C=O) groups is 1. The van der Waals surface area contributed by atoms with Gasteiger partial charge in [0.15, 0.2) is 0 Å². The van der Waals surface area contributed by atoms with Crippen LogP contribution in [0, 0.1) is 0 Å². The molecule has 1 aliphatic rings. The highest BCUT2D eigenvalue weighted by Crippen LogP contribution is 2.48.